The smallest absolute Gasteiger partial charge is 0.0635 e. The fourth-order valence-electron chi connectivity index (χ4n) is 2.75. The van der Waals surface area contributed by atoms with Crippen molar-refractivity contribution in [3.8, 4) is 0 Å². The Labute approximate surface area is 106 Å². The fourth-order valence-corrected chi connectivity index (χ4v) is 3.42. The molecule has 3 nitrogen and oxygen atoms in total. The molecule has 1 aromatic heterocycles. The Balaban J connectivity index is 2.19. The molecule has 1 aromatic rings. The van der Waals surface area contributed by atoms with Crippen LogP contribution in [0.25, 0.3) is 0 Å². The van der Waals surface area contributed by atoms with Crippen molar-refractivity contribution >= 4 is 15.9 Å². The summed E-state index contributed by atoms with van der Waals surface area (Å²) in [6, 6.07) is 0.661. The van der Waals surface area contributed by atoms with Crippen molar-refractivity contribution in [1.29, 1.82) is 0 Å². The van der Waals surface area contributed by atoms with E-state index in [0.29, 0.717) is 12.0 Å². The minimum Gasteiger partial charge on any atom is -0.317 e. The van der Waals surface area contributed by atoms with Gasteiger partial charge in [-0.15, -0.1) is 0 Å². The molecule has 16 heavy (non-hydrogen) atoms. The molecule has 1 aliphatic rings. The molecule has 1 fully saturated rings. The van der Waals surface area contributed by atoms with E-state index in [4.69, 9.17) is 0 Å². The van der Waals surface area contributed by atoms with Crippen molar-refractivity contribution < 1.29 is 0 Å². The van der Waals surface area contributed by atoms with Gasteiger partial charge in [0.05, 0.1) is 16.4 Å². The molecule has 1 heterocycles. The molecular formula is C12H20BrN3. The lowest BCUT2D eigenvalue weighted by molar-refractivity contribution is 0.456. The first kappa shape index (κ1) is 12.1. The van der Waals surface area contributed by atoms with Crippen molar-refractivity contribution in [2.24, 2.45) is 7.05 Å². The first-order valence-electron chi connectivity index (χ1n) is 6.07. The van der Waals surface area contributed by atoms with Crippen molar-refractivity contribution in [2.75, 3.05) is 7.05 Å². The van der Waals surface area contributed by atoms with Crippen LogP contribution in [0, 0.1) is 0 Å². The predicted octanol–water partition coefficient (Wildman–Crippen LogP) is 2.82. The van der Waals surface area contributed by atoms with E-state index in [1.165, 1.54) is 37.8 Å². The van der Waals surface area contributed by atoms with E-state index < -0.39 is 0 Å². The van der Waals surface area contributed by atoms with E-state index >= 15 is 0 Å². The zero-order valence-electron chi connectivity index (χ0n) is 10.0. The minimum atomic E-state index is 0.641. The highest BCUT2D eigenvalue weighted by atomic mass is 79.9. The number of aromatic nitrogens is 2. The number of hydrogen-bond acceptors (Lipinski definition) is 2. The molecule has 2 unspecified atom stereocenters. The standard InChI is InChI=1S/C12H20BrN3/c1-14-10-6-4-3-5-9(7-10)12-11(13)8-15-16(12)2/h8-10,14H,3-7H2,1-2H3. The van der Waals surface area contributed by atoms with E-state index in [2.05, 4.69) is 33.4 Å². The van der Waals surface area contributed by atoms with Gasteiger partial charge in [0.25, 0.3) is 0 Å². The van der Waals surface area contributed by atoms with Crippen LogP contribution in [0.3, 0.4) is 0 Å². The quantitative estimate of drug-likeness (QED) is 0.847. The van der Waals surface area contributed by atoms with Crippen LogP contribution in [0.5, 0.6) is 0 Å². The third kappa shape index (κ3) is 2.48. The minimum absolute atomic E-state index is 0.641. The van der Waals surface area contributed by atoms with Crippen molar-refractivity contribution in [3.63, 3.8) is 0 Å². The van der Waals surface area contributed by atoms with Crippen LogP contribution >= 0.6 is 15.9 Å². The maximum Gasteiger partial charge on any atom is 0.0635 e. The van der Waals surface area contributed by atoms with Crippen LogP contribution in [0.1, 0.15) is 43.7 Å². The van der Waals surface area contributed by atoms with Crippen molar-refractivity contribution in [1.82, 2.24) is 15.1 Å². The summed E-state index contributed by atoms with van der Waals surface area (Å²) in [4.78, 5) is 0. The molecule has 0 spiro atoms. The van der Waals surface area contributed by atoms with Gasteiger partial charge >= 0.3 is 0 Å². The third-order valence-corrected chi connectivity index (χ3v) is 4.27. The lowest BCUT2D eigenvalue weighted by atomic mass is 9.94. The van der Waals surface area contributed by atoms with E-state index in [0.717, 1.165) is 4.47 Å². The molecule has 0 saturated heterocycles. The molecule has 1 aliphatic carbocycles. The molecule has 90 valence electrons. The highest BCUT2D eigenvalue weighted by Gasteiger charge is 2.24. The summed E-state index contributed by atoms with van der Waals surface area (Å²) in [5.74, 6) is 0.641. The highest BCUT2D eigenvalue weighted by molar-refractivity contribution is 9.10. The monoisotopic (exact) mass is 285 g/mol. The Bertz CT molecular complexity index is 329. The number of hydrogen-bond donors (Lipinski definition) is 1. The Morgan fingerprint density at radius 3 is 2.81 bits per heavy atom. The van der Waals surface area contributed by atoms with Crippen molar-refractivity contribution in [3.05, 3.63) is 16.4 Å². The largest absolute Gasteiger partial charge is 0.317 e. The first-order chi connectivity index (χ1) is 7.72. The molecule has 2 rings (SSSR count). The summed E-state index contributed by atoms with van der Waals surface area (Å²) in [6.45, 7) is 0. The van der Waals surface area contributed by atoms with Crippen molar-refractivity contribution in [2.45, 2.75) is 44.1 Å². The van der Waals surface area contributed by atoms with Gasteiger partial charge in [0.2, 0.25) is 0 Å². The summed E-state index contributed by atoms with van der Waals surface area (Å²) in [5, 5.41) is 7.75. The second kappa shape index (κ2) is 5.32. The average Bonchev–Trinajstić information content (AvgIpc) is 2.53. The molecule has 0 radical (unpaired) electrons. The number of nitrogens with zero attached hydrogens (tertiary/aromatic N) is 2. The Morgan fingerprint density at radius 1 is 1.44 bits per heavy atom. The number of rotatable bonds is 2. The number of aryl methyl sites for hydroxylation is 1. The molecule has 0 aromatic carbocycles. The summed E-state index contributed by atoms with van der Waals surface area (Å²) in [6.07, 6.45) is 8.42. The van der Waals surface area contributed by atoms with Gasteiger partial charge in [0, 0.05) is 19.0 Å². The van der Waals surface area contributed by atoms with Crippen LogP contribution in [0.4, 0.5) is 0 Å². The van der Waals surface area contributed by atoms with Gasteiger partial charge in [0.15, 0.2) is 0 Å². The summed E-state index contributed by atoms with van der Waals surface area (Å²) in [7, 11) is 4.12. The Morgan fingerprint density at radius 2 is 2.19 bits per heavy atom. The molecule has 0 amide bonds. The lowest BCUT2D eigenvalue weighted by Crippen LogP contribution is -2.26. The van der Waals surface area contributed by atoms with E-state index in [1.54, 1.807) is 0 Å². The van der Waals surface area contributed by atoms with E-state index in [1.807, 2.05) is 17.9 Å². The zero-order valence-corrected chi connectivity index (χ0v) is 11.6. The van der Waals surface area contributed by atoms with Gasteiger partial charge in [-0.25, -0.2) is 0 Å². The molecule has 1 saturated carbocycles. The normalized spacial score (nSPS) is 26.7. The average molecular weight is 286 g/mol. The SMILES string of the molecule is CNC1CCCCC(c2c(Br)cnn2C)C1. The van der Waals surface area contributed by atoms with Gasteiger partial charge in [-0.1, -0.05) is 12.8 Å². The second-order valence-corrected chi connectivity index (χ2v) is 5.56. The topological polar surface area (TPSA) is 29.9 Å². The van der Waals surface area contributed by atoms with Crippen LogP contribution in [0.15, 0.2) is 10.7 Å². The lowest BCUT2D eigenvalue weighted by Gasteiger charge is -2.20. The zero-order chi connectivity index (χ0) is 11.5. The van der Waals surface area contributed by atoms with Gasteiger partial charge in [0.1, 0.15) is 0 Å². The summed E-state index contributed by atoms with van der Waals surface area (Å²) >= 11 is 3.62. The van der Waals surface area contributed by atoms with Crippen LogP contribution < -0.4 is 5.32 Å². The van der Waals surface area contributed by atoms with Crippen LogP contribution in [-0.2, 0) is 7.05 Å². The van der Waals surface area contributed by atoms with Gasteiger partial charge < -0.3 is 5.32 Å². The molecule has 2 atom stereocenters. The predicted molar refractivity (Wildman–Crippen MR) is 69.6 cm³/mol. The maximum atomic E-state index is 4.32. The van der Waals surface area contributed by atoms with E-state index in [-0.39, 0.29) is 0 Å². The summed E-state index contributed by atoms with van der Waals surface area (Å²) < 4.78 is 3.18. The number of halogens is 1. The van der Waals surface area contributed by atoms with Gasteiger partial charge in [-0.3, -0.25) is 4.68 Å². The third-order valence-electron chi connectivity index (χ3n) is 3.66. The maximum absolute atomic E-state index is 4.32. The van der Waals surface area contributed by atoms with Crippen LogP contribution in [0.2, 0.25) is 0 Å². The Kier molecular flexibility index (Phi) is 4.03. The molecule has 4 heteroatoms. The highest BCUT2D eigenvalue weighted by Crippen LogP contribution is 2.35. The molecule has 1 N–H and O–H groups in total. The Hall–Kier alpha value is -0.350. The molecule has 0 bridgehead atoms. The second-order valence-electron chi connectivity index (χ2n) is 4.70. The number of nitrogens with one attached hydrogen (secondary N) is 1. The molecular weight excluding hydrogens is 266 g/mol. The molecule has 0 aliphatic heterocycles. The fraction of sp³-hybridized carbons (Fsp3) is 0.750. The summed E-state index contributed by atoms with van der Waals surface area (Å²) in [5.41, 5.74) is 1.36. The van der Waals surface area contributed by atoms with Crippen LogP contribution in [-0.4, -0.2) is 22.9 Å². The van der Waals surface area contributed by atoms with Gasteiger partial charge in [-0.05, 0) is 42.2 Å². The van der Waals surface area contributed by atoms with E-state index in [9.17, 15) is 0 Å². The van der Waals surface area contributed by atoms with Gasteiger partial charge in [-0.2, -0.15) is 5.10 Å². The first-order valence-corrected chi connectivity index (χ1v) is 6.86.